The molecule has 2 atom stereocenters. The molecule has 1 heterocycles. The molecule has 194 valence electrons. The Morgan fingerprint density at radius 1 is 1.29 bits per heavy atom. The lowest BCUT2D eigenvalue weighted by atomic mass is 10.2. The molecule has 2 aromatic rings. The summed E-state index contributed by atoms with van der Waals surface area (Å²) in [6, 6.07) is 6.81. The van der Waals surface area contributed by atoms with Crippen LogP contribution < -0.4 is 5.32 Å². The fourth-order valence-corrected chi connectivity index (χ4v) is 5.52. The quantitative estimate of drug-likeness (QED) is 0.348. The van der Waals surface area contributed by atoms with E-state index in [-0.39, 0.29) is 17.6 Å². The van der Waals surface area contributed by atoms with E-state index in [9.17, 15) is 23.1 Å². The maximum atomic E-state index is 13.2. The maximum Gasteiger partial charge on any atom is 0.412 e. The molecule has 1 aliphatic rings. The third-order valence-electron chi connectivity index (χ3n) is 5.54. The van der Waals surface area contributed by atoms with Gasteiger partial charge in [-0.15, -0.1) is 0 Å². The van der Waals surface area contributed by atoms with Crippen LogP contribution >= 0.6 is 0 Å². The zero-order valence-electron chi connectivity index (χ0n) is 20.7. The Labute approximate surface area is 205 Å². The predicted octanol–water partition coefficient (Wildman–Crippen LogP) is 3.17. The van der Waals surface area contributed by atoms with Gasteiger partial charge in [-0.25, -0.2) is 18.2 Å². The van der Waals surface area contributed by atoms with Crippen LogP contribution in [0.25, 0.3) is 11.1 Å². The number of hydrogen-bond donors (Lipinski definition) is 2. The van der Waals surface area contributed by atoms with E-state index < -0.39 is 45.5 Å². The van der Waals surface area contributed by atoms with Crippen molar-refractivity contribution in [2.75, 3.05) is 18.8 Å². The smallest absolute Gasteiger partial charge is 0.412 e. The Morgan fingerprint density at radius 2 is 1.97 bits per heavy atom. The minimum absolute atomic E-state index is 0.00267. The molecule has 1 fully saturated rings. The fourth-order valence-electron chi connectivity index (χ4n) is 3.50. The average molecular weight is 510 g/mol. The second-order valence-electron chi connectivity index (χ2n) is 9.93. The van der Waals surface area contributed by atoms with Crippen LogP contribution in [-0.4, -0.2) is 65.1 Å². The molecule has 0 radical (unpaired) electrons. The third-order valence-corrected chi connectivity index (χ3v) is 7.70. The summed E-state index contributed by atoms with van der Waals surface area (Å²) in [5, 5.41) is 12.2. The first-order valence-electron chi connectivity index (χ1n) is 11.9. The molecule has 10 nitrogen and oxygen atoms in total. The molecule has 1 aromatic carbocycles. The van der Waals surface area contributed by atoms with E-state index in [1.807, 2.05) is 6.92 Å². The molecule has 1 aromatic heterocycles. The SMILES string of the molecule is CCCCNC(=O)C(CN(C(=O)OC(C)(C)C)C(O)c1nc2ccccc2o1)S(=O)(=O)CC1CC1. The monoisotopic (exact) mass is 509 g/mol. The summed E-state index contributed by atoms with van der Waals surface area (Å²) < 4.78 is 37.5. The van der Waals surface area contributed by atoms with Gasteiger partial charge in [-0.2, -0.15) is 0 Å². The summed E-state index contributed by atoms with van der Waals surface area (Å²) in [5.41, 5.74) is -0.0796. The molecule has 2 unspecified atom stereocenters. The highest BCUT2D eigenvalue weighted by atomic mass is 32.2. The second-order valence-corrected chi connectivity index (χ2v) is 12.2. The van der Waals surface area contributed by atoms with Gasteiger partial charge in [-0.05, 0) is 58.1 Å². The van der Waals surface area contributed by atoms with E-state index in [0.717, 1.165) is 24.2 Å². The fraction of sp³-hybridized carbons (Fsp3) is 0.625. The Hall–Kier alpha value is -2.66. The minimum Gasteiger partial charge on any atom is -0.444 e. The Kier molecular flexibility index (Phi) is 8.42. The number of nitrogens with zero attached hydrogens (tertiary/aromatic N) is 2. The lowest BCUT2D eigenvalue weighted by molar-refractivity contribution is -0.121. The van der Waals surface area contributed by atoms with E-state index in [1.165, 1.54) is 0 Å². The van der Waals surface area contributed by atoms with Crippen molar-refractivity contribution in [2.45, 2.75) is 70.5 Å². The zero-order chi connectivity index (χ0) is 25.8. The van der Waals surface area contributed by atoms with E-state index in [4.69, 9.17) is 9.15 Å². The highest BCUT2D eigenvalue weighted by Crippen LogP contribution is 2.32. The molecule has 0 spiro atoms. The predicted molar refractivity (Wildman–Crippen MR) is 130 cm³/mol. The maximum absolute atomic E-state index is 13.2. The van der Waals surface area contributed by atoms with Gasteiger partial charge >= 0.3 is 6.09 Å². The van der Waals surface area contributed by atoms with Crippen LogP contribution in [0.1, 0.15) is 65.5 Å². The van der Waals surface area contributed by atoms with Crippen molar-refractivity contribution in [2.24, 2.45) is 5.92 Å². The summed E-state index contributed by atoms with van der Waals surface area (Å²) >= 11 is 0. The number of hydrogen-bond acceptors (Lipinski definition) is 8. The largest absolute Gasteiger partial charge is 0.444 e. The molecule has 2 N–H and O–H groups in total. The Bertz CT molecular complexity index is 1100. The molecule has 1 saturated carbocycles. The molecule has 0 saturated heterocycles. The van der Waals surface area contributed by atoms with Crippen LogP contribution in [0.4, 0.5) is 4.79 Å². The van der Waals surface area contributed by atoms with Gasteiger partial charge in [0.25, 0.3) is 0 Å². The average Bonchev–Trinajstić information content (AvgIpc) is 3.45. The van der Waals surface area contributed by atoms with Gasteiger partial charge in [0.2, 0.25) is 18.0 Å². The van der Waals surface area contributed by atoms with Crippen molar-refractivity contribution in [3.8, 4) is 0 Å². The van der Waals surface area contributed by atoms with Gasteiger partial charge in [0.15, 0.2) is 20.7 Å². The number of sulfone groups is 1. The number of aromatic nitrogens is 1. The summed E-state index contributed by atoms with van der Waals surface area (Å²) in [7, 11) is -3.93. The summed E-state index contributed by atoms with van der Waals surface area (Å²) in [5.74, 6) is -1.07. The number of oxazole rings is 1. The van der Waals surface area contributed by atoms with Gasteiger partial charge in [-0.3, -0.25) is 9.69 Å². The van der Waals surface area contributed by atoms with E-state index >= 15 is 0 Å². The Balaban J connectivity index is 1.94. The van der Waals surface area contributed by atoms with Gasteiger partial charge in [0.05, 0.1) is 12.3 Å². The number of aliphatic hydroxyl groups is 1. The number of fused-ring (bicyclic) bond motifs is 1. The van der Waals surface area contributed by atoms with Crippen molar-refractivity contribution in [1.29, 1.82) is 0 Å². The van der Waals surface area contributed by atoms with Crippen LogP contribution in [0.2, 0.25) is 0 Å². The van der Waals surface area contributed by atoms with Crippen LogP contribution in [0.15, 0.2) is 28.7 Å². The minimum atomic E-state index is -3.93. The number of nitrogens with one attached hydrogen (secondary N) is 1. The molecule has 0 aliphatic heterocycles. The summed E-state index contributed by atoms with van der Waals surface area (Å²) in [6.45, 7) is 6.59. The van der Waals surface area contributed by atoms with Crippen LogP contribution in [0.3, 0.4) is 0 Å². The van der Waals surface area contributed by atoms with E-state index in [1.54, 1.807) is 45.0 Å². The number of benzene rings is 1. The molecular weight excluding hydrogens is 474 g/mol. The molecule has 3 rings (SSSR count). The molecule has 2 amide bonds. The molecule has 1 aliphatic carbocycles. The first kappa shape index (κ1) is 26.9. The number of aliphatic hydroxyl groups excluding tert-OH is 1. The first-order valence-corrected chi connectivity index (χ1v) is 13.6. The zero-order valence-corrected chi connectivity index (χ0v) is 21.5. The number of carbonyl (C=O) groups excluding carboxylic acids is 2. The standard InChI is InChI=1S/C24H35N3O7S/c1-5-6-13-25-20(28)19(35(31,32)15-16-11-12-16)14-27(23(30)34-24(2,3)4)22(29)21-26-17-9-7-8-10-18(17)33-21/h7-10,16,19,22,29H,5-6,11-15H2,1-4H3,(H,25,28). The lowest BCUT2D eigenvalue weighted by Crippen LogP contribution is -2.51. The number of amides is 2. The van der Waals surface area contributed by atoms with Crippen LogP contribution in [0.5, 0.6) is 0 Å². The van der Waals surface area contributed by atoms with E-state index in [0.29, 0.717) is 24.1 Å². The van der Waals surface area contributed by atoms with Crippen LogP contribution in [0, 0.1) is 5.92 Å². The van der Waals surface area contributed by atoms with Crippen molar-refractivity contribution < 1.29 is 32.3 Å². The van der Waals surface area contributed by atoms with Crippen molar-refractivity contribution in [1.82, 2.24) is 15.2 Å². The number of unbranched alkanes of at least 4 members (excludes halogenated alkanes) is 1. The summed E-state index contributed by atoms with van der Waals surface area (Å²) in [4.78, 5) is 31.2. The lowest BCUT2D eigenvalue weighted by Gasteiger charge is -2.31. The van der Waals surface area contributed by atoms with Gasteiger partial charge < -0.3 is 19.6 Å². The van der Waals surface area contributed by atoms with Gasteiger partial charge in [-0.1, -0.05) is 25.5 Å². The van der Waals surface area contributed by atoms with Crippen molar-refractivity contribution in [3.63, 3.8) is 0 Å². The summed E-state index contributed by atoms with van der Waals surface area (Å²) in [6.07, 6.45) is 0.317. The van der Waals surface area contributed by atoms with Crippen molar-refractivity contribution in [3.05, 3.63) is 30.2 Å². The topological polar surface area (TPSA) is 139 Å². The number of rotatable bonds is 11. The normalized spacial score (nSPS) is 16.0. The first-order chi connectivity index (χ1) is 16.4. The third kappa shape index (κ3) is 7.41. The van der Waals surface area contributed by atoms with Gasteiger partial charge in [0, 0.05) is 6.54 Å². The highest BCUT2D eigenvalue weighted by Gasteiger charge is 2.42. The van der Waals surface area contributed by atoms with Crippen LogP contribution in [-0.2, 0) is 19.4 Å². The number of para-hydroxylation sites is 2. The number of ether oxygens (including phenoxy) is 1. The number of carbonyl (C=O) groups is 2. The molecular formula is C24H35N3O7S. The Morgan fingerprint density at radius 3 is 2.57 bits per heavy atom. The van der Waals surface area contributed by atoms with Gasteiger partial charge in [0.1, 0.15) is 11.1 Å². The molecule has 0 bridgehead atoms. The highest BCUT2D eigenvalue weighted by molar-refractivity contribution is 7.92. The van der Waals surface area contributed by atoms with Crippen molar-refractivity contribution >= 4 is 32.9 Å². The van der Waals surface area contributed by atoms with E-state index in [2.05, 4.69) is 10.3 Å². The molecule has 11 heteroatoms. The second kappa shape index (κ2) is 10.9. The molecule has 35 heavy (non-hydrogen) atoms.